The molecule has 1 aliphatic rings. The first-order valence-corrected chi connectivity index (χ1v) is 8.08. The number of fused-ring (bicyclic) bond motifs is 1. The predicted molar refractivity (Wildman–Crippen MR) is 91.0 cm³/mol. The number of benzene rings is 1. The summed E-state index contributed by atoms with van der Waals surface area (Å²) in [4.78, 5) is 15.8. The summed E-state index contributed by atoms with van der Waals surface area (Å²) < 4.78 is 11.2. The van der Waals surface area contributed by atoms with E-state index in [1.54, 1.807) is 6.20 Å². The van der Waals surface area contributed by atoms with Gasteiger partial charge in [-0.1, -0.05) is 26.8 Å². The second-order valence-corrected chi connectivity index (χ2v) is 7.06. The average molecular weight is 329 g/mol. The zero-order valence-corrected chi connectivity index (χ0v) is 14.5. The van der Waals surface area contributed by atoms with Crippen LogP contribution in [0, 0.1) is 0 Å². The van der Waals surface area contributed by atoms with Gasteiger partial charge >= 0.3 is 0 Å². The van der Waals surface area contributed by atoms with Crippen molar-refractivity contribution in [1.82, 2.24) is 10.3 Å². The van der Waals surface area contributed by atoms with Crippen molar-refractivity contribution >= 4 is 11.6 Å². The van der Waals surface area contributed by atoms with E-state index in [1.807, 2.05) is 18.2 Å². The highest BCUT2D eigenvalue weighted by atomic mass is 16.5. The third-order valence-corrected chi connectivity index (χ3v) is 3.99. The number of anilines is 1. The standard InChI is InChI=1S/C18H23N3O3/c1-11(19-9-17-20-8-15(24-17)18(2,3)4)12-5-6-14-13(7-12)21-16(22)10-23-14/h5-8,11,19H,9-10H2,1-4H3,(H,21,22). The van der Waals surface area contributed by atoms with Crippen molar-refractivity contribution in [1.29, 1.82) is 0 Å². The lowest BCUT2D eigenvalue weighted by molar-refractivity contribution is -0.118. The minimum absolute atomic E-state index is 0.0480. The van der Waals surface area contributed by atoms with Crippen LogP contribution < -0.4 is 15.4 Å². The Labute approximate surface area is 141 Å². The molecule has 1 atom stereocenters. The Balaban J connectivity index is 1.65. The molecule has 1 aromatic heterocycles. The van der Waals surface area contributed by atoms with Gasteiger partial charge in [0.2, 0.25) is 5.89 Å². The number of hydrogen-bond donors (Lipinski definition) is 2. The molecule has 1 aliphatic heterocycles. The molecule has 1 aromatic carbocycles. The highest BCUT2D eigenvalue weighted by molar-refractivity contribution is 5.95. The van der Waals surface area contributed by atoms with Gasteiger partial charge in [-0.05, 0) is 24.6 Å². The number of rotatable bonds is 4. The SMILES string of the molecule is CC(NCc1ncc(C(C)(C)C)o1)c1ccc2c(c1)NC(=O)CO2. The highest BCUT2D eigenvalue weighted by Gasteiger charge is 2.20. The number of nitrogens with one attached hydrogen (secondary N) is 2. The van der Waals surface area contributed by atoms with Crippen LogP contribution in [-0.2, 0) is 16.8 Å². The quantitative estimate of drug-likeness (QED) is 0.901. The number of hydrogen-bond acceptors (Lipinski definition) is 5. The molecule has 2 heterocycles. The third kappa shape index (κ3) is 3.59. The maximum Gasteiger partial charge on any atom is 0.262 e. The lowest BCUT2D eigenvalue weighted by atomic mass is 9.94. The maximum absolute atomic E-state index is 11.4. The Morgan fingerprint density at radius 2 is 2.17 bits per heavy atom. The van der Waals surface area contributed by atoms with Crippen molar-refractivity contribution in [2.24, 2.45) is 0 Å². The third-order valence-electron chi connectivity index (χ3n) is 3.99. The van der Waals surface area contributed by atoms with Gasteiger partial charge in [0, 0.05) is 11.5 Å². The molecule has 1 unspecified atom stereocenters. The fourth-order valence-corrected chi connectivity index (χ4v) is 2.47. The second-order valence-electron chi connectivity index (χ2n) is 7.06. The first kappa shape index (κ1) is 16.5. The summed E-state index contributed by atoms with van der Waals surface area (Å²) >= 11 is 0. The molecule has 0 fully saturated rings. The summed E-state index contributed by atoms with van der Waals surface area (Å²) in [5, 5.41) is 6.21. The van der Waals surface area contributed by atoms with Crippen LogP contribution in [0.15, 0.2) is 28.8 Å². The average Bonchev–Trinajstić information content (AvgIpc) is 3.01. The maximum atomic E-state index is 11.4. The number of carbonyl (C=O) groups excluding carboxylic acids is 1. The summed E-state index contributed by atoms with van der Waals surface area (Å²) in [7, 11) is 0. The number of amides is 1. The van der Waals surface area contributed by atoms with Crippen LogP contribution >= 0.6 is 0 Å². The van der Waals surface area contributed by atoms with Crippen molar-refractivity contribution in [3.8, 4) is 5.75 Å². The molecule has 0 saturated carbocycles. The molecule has 6 nitrogen and oxygen atoms in total. The van der Waals surface area contributed by atoms with E-state index >= 15 is 0 Å². The van der Waals surface area contributed by atoms with E-state index < -0.39 is 0 Å². The zero-order valence-electron chi connectivity index (χ0n) is 14.5. The molecule has 0 bridgehead atoms. The van der Waals surface area contributed by atoms with Gasteiger partial charge in [-0.2, -0.15) is 0 Å². The molecule has 0 aliphatic carbocycles. The fraction of sp³-hybridized carbons (Fsp3) is 0.444. The Kier molecular flexibility index (Phi) is 4.32. The van der Waals surface area contributed by atoms with Crippen LogP contribution in [-0.4, -0.2) is 17.5 Å². The Bertz CT molecular complexity index is 746. The molecule has 128 valence electrons. The summed E-state index contributed by atoms with van der Waals surface area (Å²) in [5.41, 5.74) is 1.72. The van der Waals surface area contributed by atoms with Crippen molar-refractivity contribution in [2.45, 2.75) is 45.7 Å². The number of nitrogens with zero attached hydrogens (tertiary/aromatic N) is 1. The number of aromatic nitrogens is 1. The molecule has 2 aromatic rings. The zero-order chi connectivity index (χ0) is 17.3. The van der Waals surface area contributed by atoms with Gasteiger partial charge in [-0.25, -0.2) is 4.98 Å². The number of carbonyl (C=O) groups is 1. The van der Waals surface area contributed by atoms with Crippen LogP contribution in [0.2, 0.25) is 0 Å². The molecule has 0 saturated heterocycles. The van der Waals surface area contributed by atoms with E-state index in [2.05, 4.69) is 43.3 Å². The van der Waals surface area contributed by atoms with E-state index in [9.17, 15) is 4.79 Å². The van der Waals surface area contributed by atoms with Crippen LogP contribution in [0.3, 0.4) is 0 Å². The summed E-state index contributed by atoms with van der Waals surface area (Å²) in [6, 6.07) is 5.88. The lowest BCUT2D eigenvalue weighted by Crippen LogP contribution is -2.26. The molecule has 0 radical (unpaired) electrons. The van der Waals surface area contributed by atoms with Crippen molar-refractivity contribution in [3.63, 3.8) is 0 Å². The van der Waals surface area contributed by atoms with Gasteiger partial charge in [0.1, 0.15) is 11.5 Å². The molecule has 2 N–H and O–H groups in total. The number of oxazole rings is 1. The molecule has 0 spiro atoms. The van der Waals surface area contributed by atoms with E-state index in [-0.39, 0.29) is 24.0 Å². The van der Waals surface area contributed by atoms with Gasteiger partial charge in [0.25, 0.3) is 5.91 Å². The van der Waals surface area contributed by atoms with Gasteiger partial charge in [0.05, 0.1) is 18.4 Å². The molecule has 6 heteroatoms. The molecule has 3 rings (SSSR count). The largest absolute Gasteiger partial charge is 0.482 e. The predicted octanol–water partition coefficient (Wildman–Crippen LogP) is 3.15. The summed E-state index contributed by atoms with van der Waals surface area (Å²) in [5.74, 6) is 2.12. The Morgan fingerprint density at radius 3 is 2.88 bits per heavy atom. The number of ether oxygens (including phenoxy) is 1. The molecular formula is C18H23N3O3. The second kappa shape index (κ2) is 6.28. The van der Waals surface area contributed by atoms with Gasteiger partial charge in [-0.15, -0.1) is 0 Å². The van der Waals surface area contributed by atoms with Crippen molar-refractivity contribution in [3.05, 3.63) is 41.6 Å². The Morgan fingerprint density at radius 1 is 1.38 bits per heavy atom. The van der Waals surface area contributed by atoms with Gasteiger partial charge in [-0.3, -0.25) is 4.79 Å². The monoisotopic (exact) mass is 329 g/mol. The molecule has 1 amide bonds. The van der Waals surface area contributed by atoms with E-state index in [0.717, 1.165) is 11.3 Å². The van der Waals surface area contributed by atoms with Crippen LogP contribution in [0.1, 0.15) is 51.0 Å². The summed E-state index contributed by atoms with van der Waals surface area (Å²) in [6.45, 7) is 8.95. The first-order valence-electron chi connectivity index (χ1n) is 8.08. The highest BCUT2D eigenvalue weighted by Crippen LogP contribution is 2.30. The fourth-order valence-electron chi connectivity index (χ4n) is 2.47. The summed E-state index contributed by atoms with van der Waals surface area (Å²) in [6.07, 6.45) is 1.79. The Hall–Kier alpha value is -2.34. The minimum atomic E-state index is -0.130. The first-order chi connectivity index (χ1) is 11.3. The van der Waals surface area contributed by atoms with Gasteiger partial charge < -0.3 is 19.8 Å². The molecule has 24 heavy (non-hydrogen) atoms. The molecular weight excluding hydrogens is 306 g/mol. The topological polar surface area (TPSA) is 76.4 Å². The lowest BCUT2D eigenvalue weighted by Gasteiger charge is -2.20. The minimum Gasteiger partial charge on any atom is -0.482 e. The van der Waals surface area contributed by atoms with Crippen LogP contribution in [0.5, 0.6) is 5.75 Å². The van der Waals surface area contributed by atoms with Crippen molar-refractivity contribution in [2.75, 3.05) is 11.9 Å². The van der Waals surface area contributed by atoms with E-state index in [1.165, 1.54) is 0 Å². The van der Waals surface area contributed by atoms with Crippen molar-refractivity contribution < 1.29 is 13.9 Å². The van der Waals surface area contributed by atoms with Crippen LogP contribution in [0.4, 0.5) is 5.69 Å². The normalized spacial score (nSPS) is 15.4. The smallest absolute Gasteiger partial charge is 0.262 e. The van der Waals surface area contributed by atoms with E-state index in [0.29, 0.717) is 23.9 Å². The van der Waals surface area contributed by atoms with Crippen LogP contribution in [0.25, 0.3) is 0 Å². The van der Waals surface area contributed by atoms with E-state index in [4.69, 9.17) is 9.15 Å². The van der Waals surface area contributed by atoms with Gasteiger partial charge in [0.15, 0.2) is 6.61 Å².